The van der Waals surface area contributed by atoms with Crippen molar-refractivity contribution in [1.29, 1.82) is 0 Å². The van der Waals surface area contributed by atoms with Crippen LogP contribution in [0.3, 0.4) is 0 Å². The van der Waals surface area contributed by atoms with Gasteiger partial charge in [-0.25, -0.2) is 10.8 Å². The van der Waals surface area contributed by atoms with Crippen molar-refractivity contribution in [2.75, 3.05) is 0 Å². The minimum atomic E-state index is 0.671. The maximum Gasteiger partial charge on any atom is 0.147 e. The molecule has 0 fully saturated rings. The predicted octanol–water partition coefficient (Wildman–Crippen LogP) is 2.85. The van der Waals surface area contributed by atoms with Gasteiger partial charge in [0.2, 0.25) is 0 Å². The molecule has 0 unspecified atom stereocenters. The molecule has 18 heavy (non-hydrogen) atoms. The molecule has 3 heteroatoms. The minimum absolute atomic E-state index is 0.671. The third kappa shape index (κ3) is 2.76. The first-order valence-electron chi connectivity index (χ1n) is 5.88. The lowest BCUT2D eigenvalue weighted by molar-refractivity contribution is 1.02. The Hall–Kier alpha value is -2.13. The van der Waals surface area contributed by atoms with Gasteiger partial charge in [0.1, 0.15) is 5.84 Å². The van der Waals surface area contributed by atoms with Gasteiger partial charge in [-0.2, -0.15) is 0 Å². The molecule has 0 aliphatic rings. The van der Waals surface area contributed by atoms with Gasteiger partial charge in [0.25, 0.3) is 0 Å². The Morgan fingerprint density at radius 1 is 1.00 bits per heavy atom. The highest BCUT2D eigenvalue weighted by Gasteiger charge is 2.03. The average molecular weight is 239 g/mol. The highest BCUT2D eigenvalue weighted by molar-refractivity contribution is 6.00. The van der Waals surface area contributed by atoms with Crippen LogP contribution in [0.4, 0.5) is 5.69 Å². The smallest absolute Gasteiger partial charge is 0.147 e. The Balaban J connectivity index is 2.39. The fourth-order valence-corrected chi connectivity index (χ4v) is 1.70. The first-order valence-corrected chi connectivity index (χ1v) is 5.88. The van der Waals surface area contributed by atoms with Crippen LogP contribution in [0.2, 0.25) is 0 Å². The number of hydrogen-bond donors (Lipinski definition) is 2. The predicted molar refractivity (Wildman–Crippen MR) is 75.9 cm³/mol. The summed E-state index contributed by atoms with van der Waals surface area (Å²) in [5, 5.41) is 0. The zero-order chi connectivity index (χ0) is 13.0. The molecule has 2 rings (SSSR count). The van der Waals surface area contributed by atoms with Crippen molar-refractivity contribution in [2.45, 2.75) is 13.8 Å². The van der Waals surface area contributed by atoms with E-state index in [-0.39, 0.29) is 0 Å². The molecule has 92 valence electrons. The van der Waals surface area contributed by atoms with Crippen molar-refractivity contribution in [1.82, 2.24) is 5.43 Å². The van der Waals surface area contributed by atoms with Gasteiger partial charge in [-0.05, 0) is 43.2 Å². The van der Waals surface area contributed by atoms with Crippen LogP contribution in [0.1, 0.15) is 16.7 Å². The number of nitrogens with two attached hydrogens (primary N) is 1. The largest absolute Gasteiger partial charge is 0.308 e. The summed E-state index contributed by atoms with van der Waals surface area (Å²) in [5.41, 5.74) is 7.02. The monoisotopic (exact) mass is 239 g/mol. The number of hydrazine groups is 1. The lowest BCUT2D eigenvalue weighted by Crippen LogP contribution is -2.31. The average Bonchev–Trinajstić information content (AvgIpc) is 2.40. The number of aryl methyl sites for hydroxylation is 2. The molecule has 0 saturated carbocycles. The standard InChI is InChI=1S/C15H17N3/c1-11-8-9-13(10-12(11)2)15(18-16)17-14-6-4-3-5-7-14/h3-10H,16H2,1-2H3,(H,17,18). The fraction of sp³-hybridized carbons (Fsp3) is 0.133. The molecule has 0 amide bonds. The van der Waals surface area contributed by atoms with Crippen molar-refractivity contribution in [3.63, 3.8) is 0 Å². The summed E-state index contributed by atoms with van der Waals surface area (Å²) in [6.45, 7) is 4.17. The van der Waals surface area contributed by atoms with Gasteiger partial charge >= 0.3 is 0 Å². The van der Waals surface area contributed by atoms with Crippen LogP contribution in [0.15, 0.2) is 53.5 Å². The molecule has 0 aliphatic heterocycles. The summed E-state index contributed by atoms with van der Waals surface area (Å²) < 4.78 is 0. The van der Waals surface area contributed by atoms with Crippen LogP contribution in [-0.2, 0) is 0 Å². The number of amidine groups is 1. The second-order valence-corrected chi connectivity index (χ2v) is 4.24. The summed E-state index contributed by atoms with van der Waals surface area (Å²) in [5.74, 6) is 6.23. The molecule has 2 aromatic carbocycles. The molecule has 0 aliphatic carbocycles. The number of benzene rings is 2. The molecule has 0 saturated heterocycles. The van der Waals surface area contributed by atoms with E-state index in [0.29, 0.717) is 5.84 Å². The number of rotatable bonds is 2. The molecule has 0 aromatic heterocycles. The second kappa shape index (κ2) is 5.47. The number of aliphatic imine (C=N–C) groups is 1. The summed E-state index contributed by atoms with van der Waals surface area (Å²) >= 11 is 0. The van der Waals surface area contributed by atoms with Crippen molar-refractivity contribution >= 4 is 11.5 Å². The number of nitrogens with zero attached hydrogens (tertiary/aromatic N) is 1. The van der Waals surface area contributed by atoms with E-state index in [4.69, 9.17) is 5.84 Å². The van der Waals surface area contributed by atoms with Crippen molar-refractivity contribution in [3.05, 3.63) is 65.2 Å². The van der Waals surface area contributed by atoms with Crippen LogP contribution in [0.5, 0.6) is 0 Å². The van der Waals surface area contributed by atoms with Gasteiger partial charge in [-0.3, -0.25) is 0 Å². The van der Waals surface area contributed by atoms with E-state index in [1.807, 2.05) is 36.4 Å². The molecule has 3 nitrogen and oxygen atoms in total. The Labute approximate surface area is 107 Å². The number of para-hydroxylation sites is 1. The van der Waals surface area contributed by atoms with E-state index < -0.39 is 0 Å². The van der Waals surface area contributed by atoms with Gasteiger partial charge < -0.3 is 5.43 Å². The molecule has 0 heterocycles. The van der Waals surface area contributed by atoms with E-state index in [1.54, 1.807) is 0 Å². The molecule has 3 N–H and O–H groups in total. The normalized spacial score (nSPS) is 11.4. The Bertz CT molecular complexity index is 559. The quantitative estimate of drug-likeness (QED) is 0.366. The molecule has 0 atom stereocenters. The van der Waals surface area contributed by atoms with Crippen LogP contribution >= 0.6 is 0 Å². The molecule has 2 aromatic rings. The second-order valence-electron chi connectivity index (χ2n) is 4.24. The van der Waals surface area contributed by atoms with Gasteiger partial charge in [-0.1, -0.05) is 30.3 Å². The lowest BCUT2D eigenvalue weighted by Gasteiger charge is -2.08. The first kappa shape index (κ1) is 12.3. The van der Waals surface area contributed by atoms with E-state index in [9.17, 15) is 0 Å². The van der Waals surface area contributed by atoms with E-state index in [2.05, 4.69) is 36.4 Å². The Morgan fingerprint density at radius 3 is 2.33 bits per heavy atom. The number of nitrogens with one attached hydrogen (secondary N) is 1. The van der Waals surface area contributed by atoms with E-state index >= 15 is 0 Å². The van der Waals surface area contributed by atoms with Gasteiger partial charge in [0, 0.05) is 5.56 Å². The third-order valence-electron chi connectivity index (χ3n) is 2.91. The zero-order valence-corrected chi connectivity index (χ0v) is 10.6. The van der Waals surface area contributed by atoms with E-state index in [1.165, 1.54) is 11.1 Å². The summed E-state index contributed by atoms with van der Waals surface area (Å²) in [7, 11) is 0. The van der Waals surface area contributed by atoms with Gasteiger partial charge in [0.15, 0.2) is 0 Å². The maximum absolute atomic E-state index is 5.56. The topological polar surface area (TPSA) is 50.4 Å². The van der Waals surface area contributed by atoms with Crippen LogP contribution in [0.25, 0.3) is 0 Å². The van der Waals surface area contributed by atoms with Crippen molar-refractivity contribution in [2.24, 2.45) is 10.8 Å². The van der Waals surface area contributed by atoms with Crippen LogP contribution < -0.4 is 11.3 Å². The Kier molecular flexibility index (Phi) is 3.75. The van der Waals surface area contributed by atoms with Crippen molar-refractivity contribution < 1.29 is 0 Å². The fourth-order valence-electron chi connectivity index (χ4n) is 1.70. The van der Waals surface area contributed by atoms with Gasteiger partial charge in [-0.15, -0.1) is 0 Å². The Morgan fingerprint density at radius 2 is 1.72 bits per heavy atom. The molecule has 0 radical (unpaired) electrons. The molecular weight excluding hydrogens is 222 g/mol. The SMILES string of the molecule is Cc1ccc(C(=Nc2ccccc2)NN)cc1C. The van der Waals surface area contributed by atoms with E-state index in [0.717, 1.165) is 11.3 Å². The summed E-state index contributed by atoms with van der Waals surface area (Å²) in [6.07, 6.45) is 0. The lowest BCUT2D eigenvalue weighted by atomic mass is 10.1. The minimum Gasteiger partial charge on any atom is -0.308 e. The summed E-state index contributed by atoms with van der Waals surface area (Å²) in [4.78, 5) is 4.50. The molecular formula is C15H17N3. The van der Waals surface area contributed by atoms with Gasteiger partial charge in [0.05, 0.1) is 5.69 Å². The maximum atomic E-state index is 5.56. The zero-order valence-electron chi connectivity index (χ0n) is 10.6. The first-order chi connectivity index (χ1) is 8.70. The molecule has 0 bridgehead atoms. The molecule has 0 spiro atoms. The highest BCUT2D eigenvalue weighted by Crippen LogP contribution is 2.14. The van der Waals surface area contributed by atoms with Crippen LogP contribution in [0, 0.1) is 13.8 Å². The third-order valence-corrected chi connectivity index (χ3v) is 2.91. The van der Waals surface area contributed by atoms with Crippen LogP contribution in [-0.4, -0.2) is 5.84 Å². The highest BCUT2D eigenvalue weighted by atomic mass is 15.2. The van der Waals surface area contributed by atoms with Crippen molar-refractivity contribution in [3.8, 4) is 0 Å². The summed E-state index contributed by atoms with van der Waals surface area (Å²) in [6, 6.07) is 15.9. The number of hydrogen-bond acceptors (Lipinski definition) is 2.